The summed E-state index contributed by atoms with van der Waals surface area (Å²) < 4.78 is 2.11. The monoisotopic (exact) mass is 390 g/mol. The molecular weight excluding hydrogens is 383 g/mol. The van der Waals surface area contributed by atoms with E-state index in [-0.39, 0.29) is 0 Å². The Morgan fingerprint density at radius 2 is 1.76 bits per heavy atom. The molecule has 2 aromatic carbocycles. The van der Waals surface area contributed by atoms with Crippen LogP contribution in [0, 0.1) is 0 Å². The van der Waals surface area contributed by atoms with Gasteiger partial charge in [0.15, 0.2) is 0 Å². The molecule has 0 aliphatic rings. The largest absolute Gasteiger partial charge is 0.121 e. The molecule has 0 heterocycles. The lowest BCUT2D eigenvalue weighted by molar-refractivity contribution is 1.37. The Kier molecular flexibility index (Phi) is 4.97. The Morgan fingerprint density at radius 1 is 1.00 bits per heavy atom. The second-order valence-electron chi connectivity index (χ2n) is 3.48. The minimum Gasteiger partial charge on any atom is -0.121 e. The van der Waals surface area contributed by atoms with E-state index in [4.69, 9.17) is 11.6 Å². The molecule has 2 rings (SSSR count). The molecule has 0 amide bonds. The van der Waals surface area contributed by atoms with Gasteiger partial charge in [0.1, 0.15) is 0 Å². The van der Waals surface area contributed by atoms with Crippen molar-refractivity contribution in [1.29, 1.82) is 0 Å². The normalized spacial score (nSPS) is 10.5. The highest BCUT2D eigenvalue weighted by molar-refractivity contribution is 9.10. The highest BCUT2D eigenvalue weighted by Crippen LogP contribution is 2.29. The number of hydrogen-bond donors (Lipinski definition) is 0. The Labute approximate surface area is 127 Å². The summed E-state index contributed by atoms with van der Waals surface area (Å²) in [6, 6.07) is 14.3. The van der Waals surface area contributed by atoms with Crippen molar-refractivity contribution >= 4 is 55.2 Å². The van der Waals surface area contributed by atoms with E-state index in [0.717, 1.165) is 25.3 Å². The molecule has 17 heavy (non-hydrogen) atoms. The molecule has 0 aliphatic heterocycles. The van der Waals surface area contributed by atoms with E-state index in [0.29, 0.717) is 0 Å². The third kappa shape index (κ3) is 4.02. The Balaban J connectivity index is 2.07. The van der Waals surface area contributed by atoms with E-state index in [9.17, 15) is 0 Å². The molecule has 88 valence electrons. The topological polar surface area (TPSA) is 0 Å². The van der Waals surface area contributed by atoms with Crippen molar-refractivity contribution in [2.75, 3.05) is 0 Å². The average molecular weight is 393 g/mol. The molecule has 4 heteroatoms. The zero-order valence-electron chi connectivity index (χ0n) is 8.79. The lowest BCUT2D eigenvalue weighted by atomic mass is 10.2. The Bertz CT molecular complexity index is 529. The van der Waals surface area contributed by atoms with E-state index >= 15 is 0 Å². The van der Waals surface area contributed by atoms with Gasteiger partial charge in [-0.05, 0) is 35.9 Å². The van der Waals surface area contributed by atoms with E-state index in [2.05, 4.69) is 50.1 Å². The van der Waals surface area contributed by atoms with Crippen LogP contribution in [0.2, 0.25) is 5.02 Å². The first-order chi connectivity index (χ1) is 8.15. The third-order valence-corrected chi connectivity index (χ3v) is 4.59. The maximum Gasteiger partial charge on any atom is 0.0457 e. The van der Waals surface area contributed by atoms with Crippen LogP contribution in [0.15, 0.2) is 56.3 Å². The van der Waals surface area contributed by atoms with Gasteiger partial charge in [0, 0.05) is 24.6 Å². The highest BCUT2D eigenvalue weighted by atomic mass is 79.9. The quantitative estimate of drug-likeness (QED) is 0.564. The van der Waals surface area contributed by atoms with Gasteiger partial charge in [-0.15, -0.1) is 11.8 Å². The highest BCUT2D eigenvalue weighted by Gasteiger charge is 2.02. The third-order valence-electron chi connectivity index (χ3n) is 2.21. The minimum absolute atomic E-state index is 0.807. The number of halogens is 3. The molecule has 0 aliphatic carbocycles. The van der Waals surface area contributed by atoms with Crippen LogP contribution < -0.4 is 0 Å². The van der Waals surface area contributed by atoms with Gasteiger partial charge in [0.2, 0.25) is 0 Å². The van der Waals surface area contributed by atoms with Gasteiger partial charge in [0.25, 0.3) is 0 Å². The fraction of sp³-hybridized carbons (Fsp3) is 0.0769. The lowest BCUT2D eigenvalue weighted by Crippen LogP contribution is -1.82. The van der Waals surface area contributed by atoms with Crippen molar-refractivity contribution in [1.82, 2.24) is 0 Å². The Morgan fingerprint density at radius 3 is 2.47 bits per heavy atom. The van der Waals surface area contributed by atoms with Crippen molar-refractivity contribution in [3.8, 4) is 0 Å². The van der Waals surface area contributed by atoms with E-state index < -0.39 is 0 Å². The van der Waals surface area contributed by atoms with Crippen LogP contribution in [0.4, 0.5) is 0 Å². The van der Waals surface area contributed by atoms with Crippen LogP contribution >= 0.6 is 55.2 Å². The number of thioether (sulfide) groups is 1. The summed E-state index contributed by atoms with van der Waals surface area (Å²) >= 11 is 14.8. The van der Waals surface area contributed by atoms with Gasteiger partial charge >= 0.3 is 0 Å². The predicted molar refractivity (Wildman–Crippen MR) is 82.9 cm³/mol. The molecule has 2 aromatic rings. The van der Waals surface area contributed by atoms with Crippen molar-refractivity contribution in [2.45, 2.75) is 10.6 Å². The van der Waals surface area contributed by atoms with Gasteiger partial charge in [0.05, 0.1) is 0 Å². The summed E-state index contributed by atoms with van der Waals surface area (Å²) in [6.45, 7) is 0. The van der Waals surface area contributed by atoms with E-state index in [1.165, 1.54) is 4.90 Å². The molecule has 0 atom stereocenters. The van der Waals surface area contributed by atoms with Crippen LogP contribution in [-0.2, 0) is 5.75 Å². The smallest absolute Gasteiger partial charge is 0.0457 e. The summed E-state index contributed by atoms with van der Waals surface area (Å²) in [5.74, 6) is 0.878. The first-order valence-electron chi connectivity index (χ1n) is 4.97. The minimum atomic E-state index is 0.807. The molecule has 0 bridgehead atoms. The second kappa shape index (κ2) is 6.28. The van der Waals surface area contributed by atoms with Gasteiger partial charge in [-0.1, -0.05) is 55.6 Å². The van der Waals surface area contributed by atoms with Gasteiger partial charge in [-0.2, -0.15) is 0 Å². The Hall–Kier alpha value is 0.0400. The summed E-state index contributed by atoms with van der Waals surface area (Å²) in [4.78, 5) is 1.23. The predicted octanol–water partition coefficient (Wildman–Crippen LogP) is 6.16. The van der Waals surface area contributed by atoms with Crippen LogP contribution in [0.1, 0.15) is 5.56 Å². The maximum absolute atomic E-state index is 6.17. The summed E-state index contributed by atoms with van der Waals surface area (Å²) in [5.41, 5.74) is 1.15. The van der Waals surface area contributed by atoms with E-state index in [1.54, 1.807) is 11.8 Å². The molecule has 0 N–H and O–H groups in total. The molecule has 0 saturated carbocycles. The fourth-order valence-electron chi connectivity index (χ4n) is 1.36. The number of benzene rings is 2. The van der Waals surface area contributed by atoms with Crippen molar-refractivity contribution in [2.24, 2.45) is 0 Å². The van der Waals surface area contributed by atoms with E-state index in [1.807, 2.05) is 24.3 Å². The molecule has 0 unspecified atom stereocenters. The molecule has 0 saturated heterocycles. The zero-order valence-corrected chi connectivity index (χ0v) is 13.5. The van der Waals surface area contributed by atoms with Crippen LogP contribution in [0.5, 0.6) is 0 Å². The molecule has 0 radical (unpaired) electrons. The molecule has 0 spiro atoms. The fourth-order valence-corrected chi connectivity index (χ4v) is 3.69. The number of rotatable bonds is 3. The number of hydrogen-bond acceptors (Lipinski definition) is 1. The summed E-state index contributed by atoms with van der Waals surface area (Å²) in [5, 5.41) is 0.807. The standard InChI is InChI=1S/C13H9Br2ClS/c14-10-2-1-3-12(6-10)17-8-9-4-5-11(15)7-13(9)16/h1-7H,8H2. The maximum atomic E-state index is 6.17. The first kappa shape index (κ1) is 13.5. The molecule has 0 aromatic heterocycles. The molecule has 0 nitrogen and oxygen atoms in total. The zero-order chi connectivity index (χ0) is 12.3. The van der Waals surface area contributed by atoms with Gasteiger partial charge in [-0.25, -0.2) is 0 Å². The van der Waals surface area contributed by atoms with Crippen molar-refractivity contribution in [3.05, 3.63) is 62.0 Å². The molecule has 0 fully saturated rings. The SMILES string of the molecule is Clc1cc(Br)ccc1CSc1cccc(Br)c1. The van der Waals surface area contributed by atoms with Crippen LogP contribution in [-0.4, -0.2) is 0 Å². The van der Waals surface area contributed by atoms with Crippen molar-refractivity contribution < 1.29 is 0 Å². The van der Waals surface area contributed by atoms with Gasteiger partial charge in [-0.3, -0.25) is 0 Å². The summed E-state index contributed by atoms with van der Waals surface area (Å²) in [6.07, 6.45) is 0. The average Bonchev–Trinajstić information content (AvgIpc) is 2.28. The summed E-state index contributed by atoms with van der Waals surface area (Å²) in [7, 11) is 0. The lowest BCUT2D eigenvalue weighted by Gasteiger charge is -2.05. The van der Waals surface area contributed by atoms with Crippen LogP contribution in [0.25, 0.3) is 0 Å². The van der Waals surface area contributed by atoms with Crippen molar-refractivity contribution in [3.63, 3.8) is 0 Å². The second-order valence-corrected chi connectivity index (χ2v) is 6.77. The first-order valence-corrected chi connectivity index (χ1v) is 7.92. The molecular formula is C13H9Br2ClS. The van der Waals surface area contributed by atoms with Gasteiger partial charge < -0.3 is 0 Å². The van der Waals surface area contributed by atoms with Crippen LogP contribution in [0.3, 0.4) is 0 Å².